The number of halogens is 2. The minimum Gasteiger partial charge on any atom is -0.468 e. The van der Waals surface area contributed by atoms with Crippen LogP contribution in [0.25, 0.3) is 0 Å². The van der Waals surface area contributed by atoms with Crippen LogP contribution in [0.5, 0.6) is 0 Å². The molecular weight excluding hydrogens is 553 g/mol. The Bertz CT molecular complexity index is 1280. The fraction of sp³-hybridized carbons (Fsp3) is 0.400. The van der Waals surface area contributed by atoms with E-state index in [0.717, 1.165) is 50.3 Å². The summed E-state index contributed by atoms with van der Waals surface area (Å²) < 4.78 is 16.3. The number of furan rings is 1. The molecule has 1 amide bonds. The number of benzene rings is 2. The van der Waals surface area contributed by atoms with E-state index in [0.29, 0.717) is 22.2 Å². The van der Waals surface area contributed by atoms with Crippen molar-refractivity contribution in [3.8, 4) is 0 Å². The Morgan fingerprint density at radius 3 is 2.42 bits per heavy atom. The van der Waals surface area contributed by atoms with E-state index in [9.17, 15) is 9.59 Å². The lowest BCUT2D eigenvalue weighted by Crippen LogP contribution is -2.51. The van der Waals surface area contributed by atoms with E-state index < -0.39 is 12.3 Å². The first-order chi connectivity index (χ1) is 19.4. The van der Waals surface area contributed by atoms with Crippen molar-refractivity contribution in [2.45, 2.75) is 31.0 Å². The van der Waals surface area contributed by atoms with Crippen LogP contribution >= 0.6 is 23.2 Å². The van der Waals surface area contributed by atoms with Crippen molar-refractivity contribution in [1.82, 2.24) is 14.7 Å². The number of nitrogens with zero attached hydrogens (tertiary/aromatic N) is 3. The molecule has 0 radical (unpaired) electrons. The summed E-state index contributed by atoms with van der Waals surface area (Å²) >= 11 is 13.1. The molecule has 0 aliphatic carbocycles. The zero-order valence-corrected chi connectivity index (χ0v) is 23.9. The summed E-state index contributed by atoms with van der Waals surface area (Å²) in [5, 5.41) is 1.09. The molecule has 2 aliphatic heterocycles. The number of ether oxygens (including phenoxy) is 2. The number of rotatable bonds is 10. The maximum Gasteiger partial charge on any atom is 0.508 e. The summed E-state index contributed by atoms with van der Waals surface area (Å²) in [6, 6.07) is 18.6. The maximum atomic E-state index is 12.8. The Morgan fingerprint density at radius 2 is 1.75 bits per heavy atom. The summed E-state index contributed by atoms with van der Waals surface area (Å²) in [4.78, 5) is 31.0. The molecule has 2 saturated heterocycles. The predicted octanol–water partition coefficient (Wildman–Crippen LogP) is 6.07. The van der Waals surface area contributed by atoms with Crippen molar-refractivity contribution in [2.75, 3.05) is 46.4 Å². The first-order valence-electron chi connectivity index (χ1n) is 13.5. The van der Waals surface area contributed by atoms with Gasteiger partial charge < -0.3 is 18.8 Å². The summed E-state index contributed by atoms with van der Waals surface area (Å²) in [6.45, 7) is 3.83. The Hall–Kier alpha value is -3.04. The van der Waals surface area contributed by atoms with Gasteiger partial charge in [-0.25, -0.2) is 4.79 Å². The molecule has 0 N–H and O–H groups in total. The molecule has 3 atom stereocenters. The second-order valence-corrected chi connectivity index (χ2v) is 10.9. The molecule has 2 aromatic carbocycles. The largest absolute Gasteiger partial charge is 0.508 e. The van der Waals surface area contributed by atoms with E-state index in [4.69, 9.17) is 37.1 Å². The molecule has 1 aromatic heterocycles. The number of cyclic esters (lactones) is 2. The highest BCUT2D eigenvalue weighted by molar-refractivity contribution is 6.42. The van der Waals surface area contributed by atoms with Crippen LogP contribution in [-0.4, -0.2) is 79.2 Å². The van der Waals surface area contributed by atoms with Gasteiger partial charge in [0.1, 0.15) is 18.4 Å². The van der Waals surface area contributed by atoms with Gasteiger partial charge >= 0.3 is 6.16 Å². The summed E-state index contributed by atoms with van der Waals surface area (Å²) in [6.07, 6.45) is 2.16. The van der Waals surface area contributed by atoms with Crippen molar-refractivity contribution < 1.29 is 23.5 Å². The third kappa shape index (κ3) is 6.47. The molecule has 8 nitrogen and oxygen atoms in total. The molecule has 10 heteroatoms. The van der Waals surface area contributed by atoms with Gasteiger partial charge in [-0.15, -0.1) is 0 Å². The van der Waals surface area contributed by atoms with E-state index in [1.54, 1.807) is 17.2 Å². The molecule has 5 rings (SSSR count). The Morgan fingerprint density at radius 1 is 1.00 bits per heavy atom. The van der Waals surface area contributed by atoms with Crippen LogP contribution in [0.2, 0.25) is 10.0 Å². The number of piperazine rings is 1. The van der Waals surface area contributed by atoms with Crippen LogP contribution in [0.1, 0.15) is 46.6 Å². The lowest BCUT2D eigenvalue weighted by Gasteiger charge is -2.43. The van der Waals surface area contributed by atoms with Crippen LogP contribution in [-0.2, 0) is 9.47 Å². The van der Waals surface area contributed by atoms with Gasteiger partial charge in [-0.3, -0.25) is 14.6 Å². The molecule has 0 bridgehead atoms. The lowest BCUT2D eigenvalue weighted by molar-refractivity contribution is 0.00679. The van der Waals surface area contributed by atoms with E-state index in [1.165, 1.54) is 0 Å². The Labute approximate surface area is 244 Å². The topological polar surface area (TPSA) is 75.5 Å². The van der Waals surface area contributed by atoms with Crippen LogP contribution < -0.4 is 0 Å². The SMILES string of the molecule is CN(CCCC(c1cccc(Cl)c1Cl)N1CCN(C(c2ccco2)[C@H]2COC(=O)O2)CC1)C(=O)c1ccccc1. The van der Waals surface area contributed by atoms with Crippen molar-refractivity contribution in [1.29, 1.82) is 0 Å². The number of hydrogen-bond donors (Lipinski definition) is 0. The summed E-state index contributed by atoms with van der Waals surface area (Å²) in [5.74, 6) is 0.754. The van der Waals surface area contributed by atoms with Crippen molar-refractivity contribution >= 4 is 35.3 Å². The highest BCUT2D eigenvalue weighted by Gasteiger charge is 2.40. The molecule has 2 fully saturated rings. The third-order valence-electron chi connectivity index (χ3n) is 7.66. The molecule has 3 aromatic rings. The minimum atomic E-state index is -0.647. The standard InChI is InChI=1S/C30H33Cl2N3O5/c1-33(29(36)21-8-3-2-4-9-21)14-6-12-24(22-10-5-11-23(31)27(22)32)34-15-17-35(18-16-34)28(25-13-7-19-38-25)26-20-39-30(37)40-26/h2-5,7-11,13,19,24,26,28H,6,12,14-18,20H2,1H3/t24?,26-,28?/m1/s1. The smallest absolute Gasteiger partial charge is 0.468 e. The fourth-order valence-corrected chi connectivity index (χ4v) is 6.05. The van der Waals surface area contributed by atoms with Gasteiger partial charge in [0, 0.05) is 51.4 Å². The Balaban J connectivity index is 1.27. The average Bonchev–Trinajstić information content (AvgIpc) is 3.66. The molecule has 2 aliphatic rings. The highest BCUT2D eigenvalue weighted by Crippen LogP contribution is 2.37. The lowest BCUT2D eigenvalue weighted by atomic mass is 9.98. The van der Waals surface area contributed by atoms with Gasteiger partial charge in [0.2, 0.25) is 0 Å². The summed E-state index contributed by atoms with van der Waals surface area (Å²) in [5.41, 5.74) is 1.67. The molecular formula is C30H33Cl2N3O5. The monoisotopic (exact) mass is 585 g/mol. The van der Waals surface area contributed by atoms with E-state index >= 15 is 0 Å². The van der Waals surface area contributed by atoms with Gasteiger partial charge in [0.25, 0.3) is 5.91 Å². The number of hydrogen-bond acceptors (Lipinski definition) is 7. The van der Waals surface area contributed by atoms with Crippen LogP contribution in [0.3, 0.4) is 0 Å². The number of amides is 1. The average molecular weight is 587 g/mol. The summed E-state index contributed by atoms with van der Waals surface area (Å²) in [7, 11) is 1.84. The molecule has 2 unspecified atom stereocenters. The number of carbonyl (C=O) groups is 2. The number of carbonyl (C=O) groups excluding carboxylic acids is 2. The normalized spacial score (nSPS) is 19.6. The van der Waals surface area contributed by atoms with Gasteiger partial charge in [-0.2, -0.15) is 0 Å². The first kappa shape index (κ1) is 28.5. The molecule has 0 saturated carbocycles. The third-order valence-corrected chi connectivity index (χ3v) is 8.50. The molecule has 40 heavy (non-hydrogen) atoms. The zero-order chi connectivity index (χ0) is 28.1. The van der Waals surface area contributed by atoms with Gasteiger partial charge in [-0.1, -0.05) is 53.5 Å². The van der Waals surface area contributed by atoms with E-state index in [-0.39, 0.29) is 24.6 Å². The van der Waals surface area contributed by atoms with Gasteiger partial charge in [0.15, 0.2) is 6.10 Å². The minimum absolute atomic E-state index is 0.00659. The van der Waals surface area contributed by atoms with E-state index in [2.05, 4.69) is 9.80 Å². The van der Waals surface area contributed by atoms with Crippen LogP contribution in [0.15, 0.2) is 71.3 Å². The van der Waals surface area contributed by atoms with Crippen LogP contribution in [0, 0.1) is 0 Å². The van der Waals surface area contributed by atoms with Crippen molar-refractivity contribution in [3.05, 3.63) is 93.9 Å². The second kappa shape index (κ2) is 13.1. The highest BCUT2D eigenvalue weighted by atomic mass is 35.5. The van der Waals surface area contributed by atoms with Crippen molar-refractivity contribution in [3.63, 3.8) is 0 Å². The molecule has 0 spiro atoms. The maximum absolute atomic E-state index is 12.8. The van der Waals surface area contributed by atoms with Crippen molar-refractivity contribution in [2.24, 2.45) is 0 Å². The second-order valence-electron chi connectivity index (χ2n) is 10.1. The van der Waals surface area contributed by atoms with Gasteiger partial charge in [0.05, 0.1) is 16.3 Å². The Kier molecular flexibility index (Phi) is 9.32. The fourth-order valence-electron chi connectivity index (χ4n) is 5.62. The van der Waals surface area contributed by atoms with Gasteiger partial charge in [-0.05, 0) is 48.7 Å². The molecule has 212 valence electrons. The molecule has 3 heterocycles. The van der Waals surface area contributed by atoms with Crippen LogP contribution in [0.4, 0.5) is 4.79 Å². The quantitative estimate of drug-likeness (QED) is 0.267. The first-order valence-corrected chi connectivity index (χ1v) is 14.3. The predicted molar refractivity (Wildman–Crippen MR) is 153 cm³/mol. The zero-order valence-electron chi connectivity index (χ0n) is 22.4. The van der Waals surface area contributed by atoms with E-state index in [1.807, 2.05) is 61.6 Å².